The minimum absolute atomic E-state index is 0.0935. The Hall–Kier alpha value is -1.38. The summed E-state index contributed by atoms with van der Waals surface area (Å²) >= 11 is 0. The predicted octanol–water partition coefficient (Wildman–Crippen LogP) is 1.15. The maximum Gasteiger partial charge on any atom is 0.219 e. The van der Waals surface area contributed by atoms with Crippen LogP contribution in [0, 0.1) is 0 Å². The van der Waals surface area contributed by atoms with E-state index in [9.17, 15) is 4.79 Å². The van der Waals surface area contributed by atoms with Gasteiger partial charge in [0.15, 0.2) is 0 Å². The van der Waals surface area contributed by atoms with Crippen molar-refractivity contribution < 1.29 is 4.79 Å². The fraction of sp³-hybridized carbons (Fsp3) is 0.400. The van der Waals surface area contributed by atoms with Gasteiger partial charge in [-0.25, -0.2) is 0 Å². The second-order valence-corrected chi connectivity index (χ2v) is 2.77. The van der Waals surface area contributed by atoms with E-state index in [1.54, 1.807) is 6.20 Å². The Labute approximate surface area is 78.2 Å². The van der Waals surface area contributed by atoms with Gasteiger partial charge in [-0.3, -0.25) is 9.78 Å². The first-order valence-corrected chi connectivity index (χ1v) is 4.49. The van der Waals surface area contributed by atoms with Gasteiger partial charge in [-0.15, -0.1) is 0 Å². The second-order valence-electron chi connectivity index (χ2n) is 2.77. The highest BCUT2D eigenvalue weighted by Gasteiger charge is 1.96. The van der Waals surface area contributed by atoms with Crippen molar-refractivity contribution in [3.63, 3.8) is 0 Å². The number of amides is 1. The molecule has 0 atom stereocenters. The molecule has 3 heteroatoms. The minimum Gasteiger partial charge on any atom is -0.356 e. The molecule has 0 bridgehead atoms. The molecule has 1 N–H and O–H groups in total. The normalized spacial score (nSPS) is 9.62. The molecule has 0 aliphatic rings. The van der Waals surface area contributed by atoms with Crippen LogP contribution in [0.1, 0.15) is 19.0 Å². The van der Waals surface area contributed by atoms with Crippen LogP contribution in [0.2, 0.25) is 0 Å². The van der Waals surface area contributed by atoms with E-state index in [-0.39, 0.29) is 5.91 Å². The van der Waals surface area contributed by atoms with Gasteiger partial charge in [0.25, 0.3) is 0 Å². The molecule has 1 aromatic rings. The summed E-state index contributed by atoms with van der Waals surface area (Å²) in [5.41, 5.74) is 1.01. The monoisotopic (exact) mass is 178 g/mol. The average molecular weight is 178 g/mol. The van der Waals surface area contributed by atoms with Gasteiger partial charge >= 0.3 is 0 Å². The Bertz CT molecular complexity index is 259. The third-order valence-electron chi connectivity index (χ3n) is 1.75. The van der Waals surface area contributed by atoms with E-state index in [1.807, 2.05) is 25.1 Å². The summed E-state index contributed by atoms with van der Waals surface area (Å²) in [5.74, 6) is 0.0935. The number of hydrogen-bond donors (Lipinski definition) is 1. The summed E-state index contributed by atoms with van der Waals surface area (Å²) in [7, 11) is 0. The quantitative estimate of drug-likeness (QED) is 0.751. The zero-order chi connectivity index (χ0) is 9.52. The van der Waals surface area contributed by atoms with Crippen molar-refractivity contribution in [3.8, 4) is 0 Å². The average Bonchev–Trinajstić information content (AvgIpc) is 2.19. The van der Waals surface area contributed by atoms with Crippen molar-refractivity contribution in [1.29, 1.82) is 0 Å². The lowest BCUT2D eigenvalue weighted by molar-refractivity contribution is -0.120. The van der Waals surface area contributed by atoms with Crippen LogP contribution in [-0.4, -0.2) is 17.4 Å². The third-order valence-corrected chi connectivity index (χ3v) is 1.75. The fourth-order valence-corrected chi connectivity index (χ4v) is 1.00. The molecule has 0 fully saturated rings. The Morgan fingerprint density at radius 2 is 2.38 bits per heavy atom. The van der Waals surface area contributed by atoms with Crippen LogP contribution in [-0.2, 0) is 11.2 Å². The molecule has 0 saturated heterocycles. The van der Waals surface area contributed by atoms with E-state index in [4.69, 9.17) is 0 Å². The maximum atomic E-state index is 10.9. The zero-order valence-corrected chi connectivity index (χ0v) is 7.79. The van der Waals surface area contributed by atoms with E-state index in [0.717, 1.165) is 12.1 Å². The van der Waals surface area contributed by atoms with E-state index < -0.39 is 0 Å². The van der Waals surface area contributed by atoms with Crippen LogP contribution >= 0.6 is 0 Å². The molecule has 1 heterocycles. The summed E-state index contributed by atoms with van der Waals surface area (Å²) in [4.78, 5) is 15.0. The van der Waals surface area contributed by atoms with Gasteiger partial charge < -0.3 is 5.32 Å². The molecular weight excluding hydrogens is 164 g/mol. The van der Waals surface area contributed by atoms with E-state index in [2.05, 4.69) is 10.3 Å². The lowest BCUT2D eigenvalue weighted by Gasteiger charge is -2.02. The zero-order valence-electron chi connectivity index (χ0n) is 7.79. The highest BCUT2D eigenvalue weighted by atomic mass is 16.1. The molecule has 1 rings (SSSR count). The SMILES string of the molecule is CCC(=O)NCCc1ccccn1. The molecule has 3 nitrogen and oxygen atoms in total. The first-order valence-electron chi connectivity index (χ1n) is 4.49. The second kappa shape index (κ2) is 5.30. The summed E-state index contributed by atoms with van der Waals surface area (Å²) < 4.78 is 0. The summed E-state index contributed by atoms with van der Waals surface area (Å²) in [5, 5.41) is 2.80. The number of carbonyl (C=O) groups is 1. The van der Waals surface area contributed by atoms with Crippen molar-refractivity contribution in [2.45, 2.75) is 19.8 Å². The number of pyridine rings is 1. The van der Waals surface area contributed by atoms with Crippen LogP contribution in [0.3, 0.4) is 0 Å². The largest absolute Gasteiger partial charge is 0.356 e. The molecule has 1 aromatic heterocycles. The molecule has 70 valence electrons. The summed E-state index contributed by atoms with van der Waals surface area (Å²) in [6.45, 7) is 2.51. The van der Waals surface area contributed by atoms with Gasteiger partial charge in [0, 0.05) is 31.3 Å². The van der Waals surface area contributed by atoms with Crippen molar-refractivity contribution >= 4 is 5.91 Å². The van der Waals surface area contributed by atoms with Crippen LogP contribution in [0.5, 0.6) is 0 Å². The molecule has 1 amide bonds. The van der Waals surface area contributed by atoms with E-state index in [0.29, 0.717) is 13.0 Å². The number of rotatable bonds is 4. The van der Waals surface area contributed by atoms with Gasteiger partial charge in [-0.05, 0) is 12.1 Å². The van der Waals surface area contributed by atoms with Crippen LogP contribution in [0.25, 0.3) is 0 Å². The van der Waals surface area contributed by atoms with Gasteiger partial charge in [-0.2, -0.15) is 0 Å². The molecular formula is C10H14N2O. The molecule has 13 heavy (non-hydrogen) atoms. The number of nitrogens with zero attached hydrogens (tertiary/aromatic N) is 1. The Morgan fingerprint density at radius 1 is 1.54 bits per heavy atom. The highest BCUT2D eigenvalue weighted by Crippen LogP contribution is 1.92. The predicted molar refractivity (Wildman–Crippen MR) is 51.2 cm³/mol. The number of aromatic nitrogens is 1. The summed E-state index contributed by atoms with van der Waals surface area (Å²) in [6, 6.07) is 5.79. The van der Waals surface area contributed by atoms with E-state index in [1.165, 1.54) is 0 Å². The molecule has 0 aromatic carbocycles. The topological polar surface area (TPSA) is 42.0 Å². The Morgan fingerprint density at radius 3 is 3.00 bits per heavy atom. The van der Waals surface area contributed by atoms with Gasteiger partial charge in [-0.1, -0.05) is 13.0 Å². The lowest BCUT2D eigenvalue weighted by atomic mass is 10.2. The number of hydrogen-bond acceptors (Lipinski definition) is 2. The first-order chi connectivity index (χ1) is 6.33. The first kappa shape index (κ1) is 9.71. The molecule has 0 spiro atoms. The molecule has 0 unspecified atom stereocenters. The minimum atomic E-state index is 0.0935. The molecule has 0 radical (unpaired) electrons. The van der Waals surface area contributed by atoms with Crippen LogP contribution < -0.4 is 5.32 Å². The third kappa shape index (κ3) is 3.69. The van der Waals surface area contributed by atoms with E-state index >= 15 is 0 Å². The Balaban J connectivity index is 2.24. The standard InChI is InChI=1S/C10H14N2O/c1-2-10(13)12-8-6-9-5-3-4-7-11-9/h3-5,7H,2,6,8H2,1H3,(H,12,13). The maximum absolute atomic E-state index is 10.9. The number of nitrogens with one attached hydrogen (secondary N) is 1. The van der Waals surface area contributed by atoms with Gasteiger partial charge in [0.2, 0.25) is 5.91 Å². The highest BCUT2D eigenvalue weighted by molar-refractivity contribution is 5.75. The van der Waals surface area contributed by atoms with Crippen LogP contribution in [0.4, 0.5) is 0 Å². The molecule has 0 aliphatic heterocycles. The van der Waals surface area contributed by atoms with Gasteiger partial charge in [0.1, 0.15) is 0 Å². The summed E-state index contributed by atoms with van der Waals surface area (Å²) in [6.07, 6.45) is 3.10. The van der Waals surface area contributed by atoms with Crippen LogP contribution in [0.15, 0.2) is 24.4 Å². The van der Waals surface area contributed by atoms with Gasteiger partial charge in [0.05, 0.1) is 0 Å². The van der Waals surface area contributed by atoms with Crippen molar-refractivity contribution in [2.75, 3.05) is 6.54 Å². The van der Waals surface area contributed by atoms with Crippen molar-refractivity contribution in [1.82, 2.24) is 10.3 Å². The lowest BCUT2D eigenvalue weighted by Crippen LogP contribution is -2.24. The van der Waals surface area contributed by atoms with Crippen molar-refractivity contribution in [2.24, 2.45) is 0 Å². The number of carbonyl (C=O) groups excluding carboxylic acids is 1. The smallest absolute Gasteiger partial charge is 0.219 e. The molecule has 0 aliphatic carbocycles. The Kier molecular flexibility index (Phi) is 3.96. The fourth-order valence-electron chi connectivity index (χ4n) is 1.00. The van der Waals surface area contributed by atoms with Crippen molar-refractivity contribution in [3.05, 3.63) is 30.1 Å². The molecule has 0 saturated carbocycles.